The topological polar surface area (TPSA) is 115 Å². The maximum absolute atomic E-state index is 12.0. The number of piperidine rings is 1. The Morgan fingerprint density at radius 3 is 2.21 bits per heavy atom. The van der Waals surface area contributed by atoms with Crippen LogP contribution in [0.1, 0.15) is 72.4 Å². The highest BCUT2D eigenvalue weighted by molar-refractivity contribution is 6.31. The smallest absolute Gasteiger partial charge is 0.312 e. The number of likely N-dealkylation sites (tertiary alicyclic amines) is 1. The van der Waals surface area contributed by atoms with Gasteiger partial charge < -0.3 is 20.1 Å². The van der Waals surface area contributed by atoms with Crippen molar-refractivity contribution in [1.29, 1.82) is 0 Å². The zero-order valence-corrected chi connectivity index (χ0v) is 26.9. The molecule has 9 heteroatoms. The molecule has 1 saturated heterocycles. The number of nitrogens with two attached hydrogens (primary N) is 1. The molecule has 0 radical (unpaired) electrons. The Balaban J connectivity index is 0.000000892. The van der Waals surface area contributed by atoms with Crippen molar-refractivity contribution >= 4 is 17.6 Å². The van der Waals surface area contributed by atoms with E-state index in [2.05, 4.69) is 41.0 Å². The van der Waals surface area contributed by atoms with E-state index in [9.17, 15) is 9.90 Å². The van der Waals surface area contributed by atoms with E-state index in [0.29, 0.717) is 35.5 Å². The fourth-order valence-corrected chi connectivity index (χ4v) is 4.90. The van der Waals surface area contributed by atoms with E-state index >= 15 is 0 Å². The summed E-state index contributed by atoms with van der Waals surface area (Å²) in [4.78, 5) is 18.8. The van der Waals surface area contributed by atoms with Crippen molar-refractivity contribution < 1.29 is 19.2 Å². The van der Waals surface area contributed by atoms with Gasteiger partial charge in [0.25, 0.3) is 5.89 Å². The fraction of sp³-hybridized carbons (Fsp3) is 0.545. The lowest BCUT2D eigenvalue weighted by Gasteiger charge is -2.39. The number of ether oxygens (including phenoxy) is 1. The van der Waals surface area contributed by atoms with Gasteiger partial charge in [-0.05, 0) is 96.1 Å². The van der Waals surface area contributed by atoms with Gasteiger partial charge in [0.05, 0.1) is 18.1 Å². The summed E-state index contributed by atoms with van der Waals surface area (Å²) in [6.45, 7) is 16.6. The maximum atomic E-state index is 12.0. The van der Waals surface area contributed by atoms with Crippen LogP contribution in [-0.4, -0.2) is 57.5 Å². The first-order chi connectivity index (χ1) is 19.6. The van der Waals surface area contributed by atoms with Gasteiger partial charge in [0.15, 0.2) is 0 Å². The molecule has 1 aliphatic rings. The van der Waals surface area contributed by atoms with Crippen LogP contribution in [0, 0.1) is 11.3 Å². The third kappa shape index (κ3) is 10.2. The molecule has 0 atom stereocenters. The number of rotatable bonds is 10. The molecule has 8 nitrogen and oxygen atoms in total. The average molecular weight is 599 g/mol. The second-order valence-corrected chi connectivity index (χ2v) is 13.5. The lowest BCUT2D eigenvalue weighted by atomic mass is 9.79. The highest BCUT2D eigenvalue weighted by atomic mass is 35.5. The van der Waals surface area contributed by atoms with E-state index in [1.165, 1.54) is 0 Å². The molecule has 0 unspecified atom stereocenters. The number of carbonyl (C=O) groups is 1. The molecule has 4 rings (SSSR count). The Kier molecular flexibility index (Phi) is 11.7. The minimum absolute atomic E-state index is 0. The van der Waals surface area contributed by atoms with Crippen LogP contribution in [0.2, 0.25) is 5.02 Å². The van der Waals surface area contributed by atoms with Crippen molar-refractivity contribution in [3.05, 3.63) is 58.6 Å². The Morgan fingerprint density at radius 2 is 1.69 bits per heavy atom. The lowest BCUT2D eigenvalue weighted by Crippen LogP contribution is -2.47. The average Bonchev–Trinajstić information content (AvgIpc) is 3.39. The van der Waals surface area contributed by atoms with E-state index in [1.807, 2.05) is 65.0 Å². The predicted molar refractivity (Wildman–Crippen MR) is 168 cm³/mol. The number of aliphatic carboxylic acids is 1. The lowest BCUT2D eigenvalue weighted by molar-refractivity contribution is -0.158. The molecule has 0 spiro atoms. The molecule has 2 aromatic carbocycles. The SMILES string of the molecule is CC(C)(C)N.CC(C)Cc1ccc(-c2nc(-c3ccc(CN4CCC(COC(C)C)(C(=O)O)CC4)cc3)no2)cc1Cl. The second kappa shape index (κ2) is 14.6. The first-order valence-corrected chi connectivity index (χ1v) is 15.1. The summed E-state index contributed by atoms with van der Waals surface area (Å²) in [7, 11) is 0. The highest BCUT2D eigenvalue weighted by Crippen LogP contribution is 2.34. The van der Waals surface area contributed by atoms with E-state index in [0.717, 1.165) is 48.3 Å². The zero-order valence-electron chi connectivity index (χ0n) is 26.1. The summed E-state index contributed by atoms with van der Waals surface area (Å²) in [6, 6.07) is 14.0. The van der Waals surface area contributed by atoms with Gasteiger partial charge in [-0.15, -0.1) is 0 Å². The highest BCUT2D eigenvalue weighted by Gasteiger charge is 2.42. The molecule has 0 amide bonds. The summed E-state index contributed by atoms with van der Waals surface area (Å²) in [6.07, 6.45) is 2.11. The van der Waals surface area contributed by atoms with Gasteiger partial charge in [0.2, 0.25) is 5.82 Å². The third-order valence-corrected chi connectivity index (χ3v) is 7.28. The maximum Gasteiger partial charge on any atom is 0.312 e. The molecule has 1 fully saturated rings. The molecule has 42 heavy (non-hydrogen) atoms. The van der Waals surface area contributed by atoms with Crippen LogP contribution in [0.15, 0.2) is 47.0 Å². The van der Waals surface area contributed by atoms with E-state index in [-0.39, 0.29) is 18.2 Å². The van der Waals surface area contributed by atoms with E-state index in [1.54, 1.807) is 0 Å². The molecular formula is C33H47ClN4O4. The summed E-state index contributed by atoms with van der Waals surface area (Å²) in [5.41, 5.74) is 8.50. The number of aromatic nitrogens is 2. The normalized spacial score (nSPS) is 15.5. The molecule has 230 valence electrons. The Morgan fingerprint density at radius 1 is 1.10 bits per heavy atom. The first kappa shape index (κ1) is 33.7. The van der Waals surface area contributed by atoms with Crippen LogP contribution in [0.3, 0.4) is 0 Å². The quantitative estimate of drug-likeness (QED) is 0.254. The van der Waals surface area contributed by atoms with Crippen molar-refractivity contribution in [2.45, 2.75) is 85.9 Å². The van der Waals surface area contributed by atoms with Crippen molar-refractivity contribution in [3.8, 4) is 22.8 Å². The number of carboxylic acid groups (broad SMARTS) is 1. The largest absolute Gasteiger partial charge is 0.481 e. The van der Waals surface area contributed by atoms with Crippen molar-refractivity contribution in [1.82, 2.24) is 15.0 Å². The minimum Gasteiger partial charge on any atom is -0.481 e. The second-order valence-electron chi connectivity index (χ2n) is 13.1. The first-order valence-electron chi connectivity index (χ1n) is 14.7. The number of carboxylic acids is 1. The van der Waals surface area contributed by atoms with Gasteiger partial charge in [0, 0.05) is 28.2 Å². The van der Waals surface area contributed by atoms with Crippen molar-refractivity contribution in [3.63, 3.8) is 0 Å². The summed E-state index contributed by atoms with van der Waals surface area (Å²) < 4.78 is 11.2. The Hall–Kier alpha value is -2.78. The predicted octanol–water partition coefficient (Wildman–Crippen LogP) is 7.09. The van der Waals surface area contributed by atoms with Crippen LogP contribution in [0.25, 0.3) is 22.8 Å². The molecule has 3 N–H and O–H groups in total. The van der Waals surface area contributed by atoms with Gasteiger partial charge in [-0.25, -0.2) is 0 Å². The molecule has 1 aromatic heterocycles. The van der Waals surface area contributed by atoms with Crippen LogP contribution < -0.4 is 5.73 Å². The molecule has 2 heterocycles. The van der Waals surface area contributed by atoms with Crippen LogP contribution in [-0.2, 0) is 22.5 Å². The summed E-state index contributed by atoms with van der Waals surface area (Å²) in [5, 5.41) is 14.7. The Bertz CT molecular complexity index is 1280. The molecule has 0 bridgehead atoms. The van der Waals surface area contributed by atoms with Crippen molar-refractivity contribution in [2.24, 2.45) is 17.1 Å². The van der Waals surface area contributed by atoms with E-state index in [4.69, 9.17) is 26.6 Å². The Labute approximate surface area is 255 Å². The number of benzene rings is 2. The molecular weight excluding hydrogens is 552 g/mol. The number of hydrogen-bond acceptors (Lipinski definition) is 7. The summed E-state index contributed by atoms with van der Waals surface area (Å²) in [5.74, 6) is 0.733. The molecule has 3 aromatic rings. The third-order valence-electron chi connectivity index (χ3n) is 6.93. The van der Waals surface area contributed by atoms with Gasteiger partial charge >= 0.3 is 5.97 Å². The number of halogens is 1. The fourth-order valence-electron chi connectivity index (χ4n) is 4.65. The minimum atomic E-state index is -0.792. The molecule has 0 aliphatic carbocycles. The molecule has 0 saturated carbocycles. The number of hydrogen-bond donors (Lipinski definition) is 2. The van der Waals surface area contributed by atoms with Gasteiger partial charge in [-0.1, -0.05) is 60.9 Å². The zero-order chi connectivity index (χ0) is 31.1. The van der Waals surface area contributed by atoms with E-state index < -0.39 is 11.4 Å². The van der Waals surface area contributed by atoms with Crippen LogP contribution >= 0.6 is 11.6 Å². The van der Waals surface area contributed by atoms with Gasteiger partial charge in [-0.2, -0.15) is 4.98 Å². The molecule has 1 aliphatic heterocycles. The van der Waals surface area contributed by atoms with Crippen LogP contribution in [0.4, 0.5) is 0 Å². The summed E-state index contributed by atoms with van der Waals surface area (Å²) >= 11 is 6.47. The number of nitrogens with zero attached hydrogens (tertiary/aromatic N) is 3. The van der Waals surface area contributed by atoms with Gasteiger partial charge in [-0.3, -0.25) is 9.69 Å². The monoisotopic (exact) mass is 598 g/mol. The van der Waals surface area contributed by atoms with Gasteiger partial charge in [0.1, 0.15) is 0 Å². The van der Waals surface area contributed by atoms with Crippen LogP contribution in [0.5, 0.6) is 0 Å². The van der Waals surface area contributed by atoms with Crippen molar-refractivity contribution in [2.75, 3.05) is 19.7 Å². The standard InChI is InChI=1S/C29H36ClN3O4.C4H11N/c1-19(2)15-23-9-10-24(16-25(23)30)27-31-26(32-37-27)22-7-5-21(6-8-22)17-33-13-11-29(12-14-33,28(34)35)18-36-20(3)4;1-4(2,3)5/h5-10,16,19-20H,11-15,17-18H2,1-4H3,(H,34,35);5H2,1-3H3.